The Balaban J connectivity index is 2.09. The standard InChI is InChI=1S/C18H18N2OS/c1-20(2)8-3-4-15-16-10-13(11-19)5-6-17(16)21-12-14-7-9-22-18(14)15/h4-7,9-10H,3,8,12H2,1-2H3/b15-4-. The van der Waals surface area contributed by atoms with E-state index in [1.807, 2.05) is 18.2 Å². The lowest BCUT2D eigenvalue weighted by atomic mass is 9.99. The average Bonchev–Trinajstić information content (AvgIpc) is 2.92. The highest BCUT2D eigenvalue weighted by Gasteiger charge is 2.20. The Morgan fingerprint density at radius 1 is 1.36 bits per heavy atom. The fraction of sp³-hybridized carbons (Fsp3) is 0.278. The van der Waals surface area contributed by atoms with Gasteiger partial charge in [-0.1, -0.05) is 6.08 Å². The van der Waals surface area contributed by atoms with Gasteiger partial charge in [-0.05, 0) is 55.7 Å². The third-order valence-corrected chi connectivity index (χ3v) is 4.69. The Bertz CT molecular complexity index is 753. The van der Waals surface area contributed by atoms with Crippen molar-refractivity contribution in [2.45, 2.75) is 13.0 Å². The van der Waals surface area contributed by atoms with Gasteiger partial charge in [0, 0.05) is 22.5 Å². The van der Waals surface area contributed by atoms with Crippen LogP contribution in [-0.4, -0.2) is 25.5 Å². The molecule has 4 heteroatoms. The van der Waals surface area contributed by atoms with E-state index in [2.05, 4.69) is 42.6 Å². The molecule has 2 aromatic rings. The molecule has 3 rings (SSSR count). The maximum absolute atomic E-state index is 9.19. The molecule has 0 amide bonds. The Hall–Kier alpha value is -2.09. The maximum Gasteiger partial charge on any atom is 0.127 e. The molecule has 0 bridgehead atoms. The molecule has 0 saturated heterocycles. The summed E-state index contributed by atoms with van der Waals surface area (Å²) < 4.78 is 5.94. The Labute approximate surface area is 135 Å². The average molecular weight is 310 g/mol. The zero-order valence-corrected chi connectivity index (χ0v) is 13.6. The van der Waals surface area contributed by atoms with Crippen LogP contribution in [0.1, 0.15) is 28.0 Å². The highest BCUT2D eigenvalue weighted by molar-refractivity contribution is 7.11. The second-order valence-electron chi connectivity index (χ2n) is 5.60. The van der Waals surface area contributed by atoms with Crippen molar-refractivity contribution in [3.05, 3.63) is 57.3 Å². The molecular formula is C18H18N2OS. The van der Waals surface area contributed by atoms with E-state index in [4.69, 9.17) is 4.74 Å². The lowest BCUT2D eigenvalue weighted by molar-refractivity contribution is 0.307. The molecule has 0 aliphatic carbocycles. The third kappa shape index (κ3) is 2.92. The van der Waals surface area contributed by atoms with Gasteiger partial charge in [-0.2, -0.15) is 5.26 Å². The number of rotatable bonds is 3. The summed E-state index contributed by atoms with van der Waals surface area (Å²) in [5, 5.41) is 11.3. The SMILES string of the molecule is CN(C)CC/C=C1/c2cc(C#N)ccc2OCc2ccsc21. The number of hydrogen-bond acceptors (Lipinski definition) is 4. The van der Waals surface area contributed by atoms with E-state index in [0.717, 1.165) is 24.3 Å². The van der Waals surface area contributed by atoms with Crippen molar-refractivity contribution in [1.82, 2.24) is 4.90 Å². The summed E-state index contributed by atoms with van der Waals surface area (Å²) >= 11 is 1.74. The number of nitriles is 1. The molecular weight excluding hydrogens is 292 g/mol. The molecule has 112 valence electrons. The first-order chi connectivity index (χ1) is 10.7. The first kappa shape index (κ1) is 14.8. The van der Waals surface area contributed by atoms with Crippen LogP contribution < -0.4 is 4.74 Å². The topological polar surface area (TPSA) is 36.3 Å². The molecule has 1 aromatic carbocycles. The minimum absolute atomic E-state index is 0.586. The summed E-state index contributed by atoms with van der Waals surface area (Å²) in [5.41, 5.74) is 4.10. The normalized spacial score (nSPS) is 14.9. The Kier molecular flexibility index (Phi) is 4.28. The first-order valence-electron chi connectivity index (χ1n) is 7.28. The zero-order chi connectivity index (χ0) is 15.5. The van der Waals surface area contributed by atoms with E-state index in [1.165, 1.54) is 16.0 Å². The molecule has 0 radical (unpaired) electrons. The van der Waals surface area contributed by atoms with Gasteiger partial charge < -0.3 is 9.64 Å². The van der Waals surface area contributed by atoms with Gasteiger partial charge in [0.25, 0.3) is 0 Å². The molecule has 0 N–H and O–H groups in total. The summed E-state index contributed by atoms with van der Waals surface area (Å²) in [6, 6.07) is 10.0. The lowest BCUT2D eigenvalue weighted by Crippen LogP contribution is -2.12. The number of ether oxygens (including phenoxy) is 1. The number of hydrogen-bond donors (Lipinski definition) is 0. The van der Waals surface area contributed by atoms with Crippen LogP contribution in [0.4, 0.5) is 0 Å². The number of fused-ring (bicyclic) bond motifs is 2. The molecule has 0 unspecified atom stereocenters. The van der Waals surface area contributed by atoms with Gasteiger partial charge in [0.2, 0.25) is 0 Å². The largest absolute Gasteiger partial charge is 0.488 e. The maximum atomic E-state index is 9.19. The van der Waals surface area contributed by atoms with Crippen LogP contribution in [0.2, 0.25) is 0 Å². The Morgan fingerprint density at radius 3 is 3.00 bits per heavy atom. The fourth-order valence-corrected chi connectivity index (χ4v) is 3.54. The van der Waals surface area contributed by atoms with E-state index >= 15 is 0 Å². The van der Waals surface area contributed by atoms with Crippen molar-refractivity contribution in [1.29, 1.82) is 5.26 Å². The van der Waals surface area contributed by atoms with Crippen molar-refractivity contribution in [2.75, 3.05) is 20.6 Å². The van der Waals surface area contributed by atoms with Gasteiger partial charge in [-0.3, -0.25) is 0 Å². The molecule has 0 saturated carbocycles. The highest BCUT2D eigenvalue weighted by atomic mass is 32.1. The van der Waals surface area contributed by atoms with Crippen molar-refractivity contribution in [3.8, 4) is 11.8 Å². The van der Waals surface area contributed by atoms with E-state index < -0.39 is 0 Å². The molecule has 0 atom stereocenters. The summed E-state index contributed by atoms with van der Waals surface area (Å²) in [7, 11) is 4.15. The van der Waals surface area contributed by atoms with Crippen molar-refractivity contribution >= 4 is 16.9 Å². The summed E-state index contributed by atoms with van der Waals surface area (Å²) in [6.45, 7) is 1.58. The predicted molar refractivity (Wildman–Crippen MR) is 90.1 cm³/mol. The van der Waals surface area contributed by atoms with Crippen LogP contribution in [0.3, 0.4) is 0 Å². The minimum Gasteiger partial charge on any atom is -0.488 e. The van der Waals surface area contributed by atoms with E-state index in [1.54, 1.807) is 11.3 Å². The van der Waals surface area contributed by atoms with Gasteiger partial charge in [-0.25, -0.2) is 0 Å². The van der Waals surface area contributed by atoms with Crippen LogP contribution in [0, 0.1) is 11.3 Å². The molecule has 22 heavy (non-hydrogen) atoms. The van der Waals surface area contributed by atoms with Crippen molar-refractivity contribution in [2.24, 2.45) is 0 Å². The van der Waals surface area contributed by atoms with Gasteiger partial charge in [0.15, 0.2) is 0 Å². The summed E-state index contributed by atoms with van der Waals surface area (Å²) in [5.74, 6) is 0.860. The number of thiophene rings is 1. The monoisotopic (exact) mass is 310 g/mol. The van der Waals surface area contributed by atoms with Crippen molar-refractivity contribution in [3.63, 3.8) is 0 Å². The van der Waals surface area contributed by atoms with Crippen molar-refractivity contribution < 1.29 is 4.74 Å². The van der Waals surface area contributed by atoms with Crippen LogP contribution >= 0.6 is 11.3 Å². The third-order valence-electron chi connectivity index (χ3n) is 3.70. The fourth-order valence-electron chi connectivity index (χ4n) is 2.57. The minimum atomic E-state index is 0.586. The number of nitrogens with zero attached hydrogens (tertiary/aromatic N) is 2. The molecule has 1 aliphatic rings. The van der Waals surface area contributed by atoms with Gasteiger partial charge in [-0.15, -0.1) is 11.3 Å². The number of benzene rings is 1. The predicted octanol–water partition coefficient (Wildman–Crippen LogP) is 3.90. The smallest absolute Gasteiger partial charge is 0.127 e. The molecule has 1 aromatic heterocycles. The van der Waals surface area contributed by atoms with Crippen LogP contribution in [0.25, 0.3) is 5.57 Å². The van der Waals surface area contributed by atoms with Crippen LogP contribution in [0.15, 0.2) is 35.7 Å². The van der Waals surface area contributed by atoms with E-state index in [-0.39, 0.29) is 0 Å². The van der Waals surface area contributed by atoms with E-state index in [0.29, 0.717) is 12.2 Å². The van der Waals surface area contributed by atoms with Gasteiger partial charge >= 0.3 is 0 Å². The van der Waals surface area contributed by atoms with Gasteiger partial charge in [0.05, 0.1) is 11.6 Å². The summed E-state index contributed by atoms with van der Waals surface area (Å²) in [4.78, 5) is 3.43. The van der Waals surface area contributed by atoms with Crippen LogP contribution in [-0.2, 0) is 6.61 Å². The molecule has 0 fully saturated rings. The quantitative estimate of drug-likeness (QED) is 0.863. The second kappa shape index (κ2) is 6.35. The molecule has 3 nitrogen and oxygen atoms in total. The molecule has 0 spiro atoms. The zero-order valence-electron chi connectivity index (χ0n) is 12.8. The first-order valence-corrected chi connectivity index (χ1v) is 8.16. The second-order valence-corrected chi connectivity index (χ2v) is 6.51. The lowest BCUT2D eigenvalue weighted by Gasteiger charge is -2.11. The van der Waals surface area contributed by atoms with Crippen LogP contribution in [0.5, 0.6) is 5.75 Å². The highest BCUT2D eigenvalue weighted by Crippen LogP contribution is 2.39. The molecule has 2 heterocycles. The Morgan fingerprint density at radius 2 is 2.23 bits per heavy atom. The van der Waals surface area contributed by atoms with Gasteiger partial charge in [0.1, 0.15) is 12.4 Å². The van der Waals surface area contributed by atoms with E-state index in [9.17, 15) is 5.26 Å². The molecule has 1 aliphatic heterocycles. The summed E-state index contributed by atoms with van der Waals surface area (Å²) in [6.07, 6.45) is 3.24.